The molecule has 0 aromatic heterocycles. The maximum absolute atomic E-state index is 12.6. The van der Waals surface area contributed by atoms with Crippen LogP contribution in [0.25, 0.3) is 0 Å². The SMILES string of the molecule is CCNC(=NCCCNC(=O)C1CCC1)NC1CCN(C(=O)C2CCCC2)C1.I. The summed E-state index contributed by atoms with van der Waals surface area (Å²) in [5.74, 6) is 1.88. The lowest BCUT2D eigenvalue weighted by Gasteiger charge is -2.23. The maximum Gasteiger partial charge on any atom is 0.225 e. The fourth-order valence-corrected chi connectivity index (χ4v) is 4.32. The zero-order valence-electron chi connectivity index (χ0n) is 17.8. The van der Waals surface area contributed by atoms with Gasteiger partial charge in [0.2, 0.25) is 11.8 Å². The molecule has 2 saturated carbocycles. The third-order valence-electron chi connectivity index (χ3n) is 6.27. The average Bonchev–Trinajstić information content (AvgIpc) is 3.31. The summed E-state index contributed by atoms with van der Waals surface area (Å²) in [5, 5.41) is 9.79. The number of rotatable bonds is 8. The van der Waals surface area contributed by atoms with E-state index in [2.05, 4.69) is 27.9 Å². The van der Waals surface area contributed by atoms with Gasteiger partial charge in [-0.2, -0.15) is 0 Å². The largest absolute Gasteiger partial charge is 0.357 e. The van der Waals surface area contributed by atoms with Crippen LogP contribution in [-0.4, -0.2) is 61.4 Å². The normalized spacial score (nSPS) is 22.7. The van der Waals surface area contributed by atoms with Gasteiger partial charge in [0.15, 0.2) is 5.96 Å². The van der Waals surface area contributed by atoms with Crippen molar-refractivity contribution in [3.8, 4) is 0 Å². The fourth-order valence-electron chi connectivity index (χ4n) is 4.32. The van der Waals surface area contributed by atoms with Crippen LogP contribution < -0.4 is 16.0 Å². The number of halogens is 1. The Morgan fingerprint density at radius 1 is 1.00 bits per heavy atom. The van der Waals surface area contributed by atoms with Gasteiger partial charge in [-0.3, -0.25) is 14.6 Å². The Balaban J connectivity index is 0.00000300. The summed E-state index contributed by atoms with van der Waals surface area (Å²) in [4.78, 5) is 31.1. The summed E-state index contributed by atoms with van der Waals surface area (Å²) in [6.07, 6.45) is 9.61. The van der Waals surface area contributed by atoms with Gasteiger partial charge in [-0.1, -0.05) is 19.3 Å². The summed E-state index contributed by atoms with van der Waals surface area (Å²) < 4.78 is 0. The number of guanidine groups is 1. The lowest BCUT2D eigenvalue weighted by molar-refractivity contribution is -0.134. The lowest BCUT2D eigenvalue weighted by atomic mass is 9.85. The van der Waals surface area contributed by atoms with E-state index in [4.69, 9.17) is 0 Å². The zero-order valence-corrected chi connectivity index (χ0v) is 20.1. The van der Waals surface area contributed by atoms with E-state index in [0.29, 0.717) is 19.0 Å². The number of hydrogen-bond acceptors (Lipinski definition) is 3. The number of amides is 2. The molecular formula is C21H38IN5O2. The highest BCUT2D eigenvalue weighted by atomic mass is 127. The van der Waals surface area contributed by atoms with Crippen molar-refractivity contribution in [2.75, 3.05) is 32.7 Å². The standard InChI is InChI=1S/C21H37N5O2.HI/c1-2-22-21(24-13-6-12-23-19(27)16-9-5-10-16)25-18-11-14-26(15-18)20(28)17-7-3-4-8-17;/h16-18H,2-15H2,1H3,(H,23,27)(H2,22,24,25);1H. The number of carbonyl (C=O) groups is 2. The first-order valence-corrected chi connectivity index (χ1v) is 11.3. The minimum absolute atomic E-state index is 0. The predicted molar refractivity (Wildman–Crippen MR) is 126 cm³/mol. The van der Waals surface area contributed by atoms with Gasteiger partial charge in [0, 0.05) is 50.6 Å². The highest BCUT2D eigenvalue weighted by molar-refractivity contribution is 14.0. The van der Waals surface area contributed by atoms with E-state index in [1.807, 2.05) is 4.90 Å². The number of carbonyl (C=O) groups excluding carboxylic acids is 2. The molecule has 3 fully saturated rings. The Morgan fingerprint density at radius 2 is 1.72 bits per heavy atom. The first-order valence-electron chi connectivity index (χ1n) is 11.3. The molecule has 29 heavy (non-hydrogen) atoms. The topological polar surface area (TPSA) is 85.8 Å². The van der Waals surface area contributed by atoms with Crippen molar-refractivity contribution in [1.82, 2.24) is 20.9 Å². The van der Waals surface area contributed by atoms with E-state index < -0.39 is 0 Å². The summed E-state index contributed by atoms with van der Waals surface area (Å²) in [6, 6.07) is 0.265. The molecule has 3 rings (SSSR count). The smallest absolute Gasteiger partial charge is 0.225 e. The second-order valence-corrected chi connectivity index (χ2v) is 8.43. The molecule has 2 aliphatic carbocycles. The summed E-state index contributed by atoms with van der Waals surface area (Å²) in [5.41, 5.74) is 0. The van der Waals surface area contributed by atoms with Gasteiger partial charge >= 0.3 is 0 Å². The number of aliphatic imine (C=N–C) groups is 1. The van der Waals surface area contributed by atoms with Crippen LogP contribution in [-0.2, 0) is 9.59 Å². The maximum atomic E-state index is 12.6. The summed E-state index contributed by atoms with van der Waals surface area (Å²) >= 11 is 0. The van der Waals surface area contributed by atoms with Gasteiger partial charge in [-0.15, -0.1) is 24.0 Å². The first-order chi connectivity index (χ1) is 13.7. The lowest BCUT2D eigenvalue weighted by Crippen LogP contribution is -2.45. The van der Waals surface area contributed by atoms with Crippen LogP contribution in [0.3, 0.4) is 0 Å². The van der Waals surface area contributed by atoms with E-state index in [1.54, 1.807) is 0 Å². The zero-order chi connectivity index (χ0) is 19.8. The van der Waals surface area contributed by atoms with Gasteiger partial charge in [0.25, 0.3) is 0 Å². The van der Waals surface area contributed by atoms with Crippen molar-refractivity contribution in [3.05, 3.63) is 0 Å². The Kier molecular flexibility index (Phi) is 10.5. The van der Waals surface area contributed by atoms with Crippen molar-refractivity contribution in [2.45, 2.75) is 70.8 Å². The Bertz CT molecular complexity index is 561. The fraction of sp³-hybridized carbons (Fsp3) is 0.857. The van der Waals surface area contributed by atoms with Crippen molar-refractivity contribution in [2.24, 2.45) is 16.8 Å². The van der Waals surface area contributed by atoms with Crippen LogP contribution in [0.5, 0.6) is 0 Å². The van der Waals surface area contributed by atoms with E-state index >= 15 is 0 Å². The molecule has 7 nitrogen and oxygen atoms in total. The van der Waals surface area contributed by atoms with E-state index in [9.17, 15) is 9.59 Å². The van der Waals surface area contributed by atoms with Gasteiger partial charge in [-0.25, -0.2) is 0 Å². The van der Waals surface area contributed by atoms with Gasteiger partial charge in [-0.05, 0) is 45.4 Å². The molecule has 1 aliphatic heterocycles. The molecule has 3 aliphatic rings. The Morgan fingerprint density at radius 3 is 2.38 bits per heavy atom. The summed E-state index contributed by atoms with van der Waals surface area (Å²) in [6.45, 7) is 5.85. The first kappa shape index (κ1) is 24.2. The van der Waals surface area contributed by atoms with Crippen molar-refractivity contribution in [3.63, 3.8) is 0 Å². The molecule has 1 unspecified atom stereocenters. The molecule has 2 amide bonds. The third-order valence-corrected chi connectivity index (χ3v) is 6.27. The van der Waals surface area contributed by atoms with Crippen molar-refractivity contribution in [1.29, 1.82) is 0 Å². The molecule has 0 aromatic rings. The van der Waals surface area contributed by atoms with Crippen LogP contribution in [0, 0.1) is 11.8 Å². The average molecular weight is 519 g/mol. The number of nitrogens with zero attached hydrogens (tertiary/aromatic N) is 2. The van der Waals surface area contributed by atoms with Crippen molar-refractivity contribution < 1.29 is 9.59 Å². The molecule has 0 aromatic carbocycles. The molecule has 3 N–H and O–H groups in total. The second kappa shape index (κ2) is 12.6. The Hall–Kier alpha value is -1.06. The summed E-state index contributed by atoms with van der Waals surface area (Å²) in [7, 11) is 0. The highest BCUT2D eigenvalue weighted by Crippen LogP contribution is 2.28. The molecule has 0 radical (unpaired) electrons. The monoisotopic (exact) mass is 519 g/mol. The molecular weight excluding hydrogens is 481 g/mol. The predicted octanol–water partition coefficient (Wildman–Crippen LogP) is 2.26. The van der Waals surface area contributed by atoms with Gasteiger partial charge in [0.1, 0.15) is 0 Å². The number of hydrogen-bond donors (Lipinski definition) is 3. The molecule has 1 saturated heterocycles. The van der Waals surface area contributed by atoms with E-state index in [-0.39, 0.29) is 47.8 Å². The molecule has 166 valence electrons. The highest BCUT2D eigenvalue weighted by Gasteiger charge is 2.32. The van der Waals surface area contributed by atoms with Crippen molar-refractivity contribution >= 4 is 41.8 Å². The van der Waals surface area contributed by atoms with E-state index in [1.165, 1.54) is 19.3 Å². The quantitative estimate of drug-likeness (QED) is 0.199. The molecule has 1 heterocycles. The van der Waals surface area contributed by atoms with Crippen LogP contribution in [0.15, 0.2) is 4.99 Å². The van der Waals surface area contributed by atoms with Crippen LogP contribution in [0.2, 0.25) is 0 Å². The number of likely N-dealkylation sites (tertiary alicyclic amines) is 1. The van der Waals surface area contributed by atoms with Crippen LogP contribution in [0.4, 0.5) is 0 Å². The van der Waals surface area contributed by atoms with E-state index in [0.717, 1.165) is 64.1 Å². The van der Waals surface area contributed by atoms with Crippen LogP contribution >= 0.6 is 24.0 Å². The molecule has 1 atom stereocenters. The number of nitrogens with one attached hydrogen (secondary N) is 3. The third kappa shape index (κ3) is 7.29. The molecule has 0 spiro atoms. The molecule has 0 bridgehead atoms. The minimum atomic E-state index is 0. The van der Waals surface area contributed by atoms with Gasteiger partial charge < -0.3 is 20.9 Å². The van der Waals surface area contributed by atoms with Crippen LogP contribution in [0.1, 0.15) is 64.7 Å². The Labute approximate surface area is 192 Å². The second-order valence-electron chi connectivity index (χ2n) is 8.43. The minimum Gasteiger partial charge on any atom is -0.357 e. The molecule has 8 heteroatoms. The van der Waals surface area contributed by atoms with Gasteiger partial charge in [0.05, 0.1) is 0 Å².